The first-order valence-electron chi connectivity index (χ1n) is 6.06. The number of aromatic carboxylic acids is 1. The summed E-state index contributed by atoms with van der Waals surface area (Å²) in [6.45, 7) is 2.04. The fraction of sp³-hybridized carbons (Fsp3) is 0.143. The molecule has 2 rings (SSSR count). The number of carboxylic acid groups (broad SMARTS) is 1. The first-order valence-corrected chi connectivity index (χ1v) is 6.85. The molecule has 0 fully saturated rings. The number of anilines is 3. The molecule has 20 heavy (non-hydrogen) atoms. The van der Waals surface area contributed by atoms with Crippen LogP contribution in [0.4, 0.5) is 17.2 Å². The molecule has 5 nitrogen and oxygen atoms in total. The summed E-state index contributed by atoms with van der Waals surface area (Å²) in [6, 6.07) is 8.71. The van der Waals surface area contributed by atoms with Gasteiger partial charge in [0.05, 0.1) is 5.69 Å². The fourth-order valence-corrected chi connectivity index (χ4v) is 2.20. The van der Waals surface area contributed by atoms with Crippen LogP contribution in [0.25, 0.3) is 0 Å². The van der Waals surface area contributed by atoms with Gasteiger partial charge in [0, 0.05) is 10.2 Å². The van der Waals surface area contributed by atoms with Gasteiger partial charge in [-0.2, -0.15) is 0 Å². The molecular formula is C14H14BrN3O2. The maximum absolute atomic E-state index is 10.9. The monoisotopic (exact) mass is 335 g/mol. The third kappa shape index (κ3) is 3.08. The smallest absolute Gasteiger partial charge is 0.354 e. The number of nitrogens with zero attached hydrogens (tertiary/aromatic N) is 1. The molecule has 0 aliphatic rings. The van der Waals surface area contributed by atoms with Crippen LogP contribution in [0.2, 0.25) is 0 Å². The van der Waals surface area contributed by atoms with Crippen LogP contribution < -0.4 is 11.1 Å². The van der Waals surface area contributed by atoms with E-state index in [-0.39, 0.29) is 5.69 Å². The van der Waals surface area contributed by atoms with Crippen LogP contribution in [0.5, 0.6) is 0 Å². The Morgan fingerprint density at radius 3 is 2.80 bits per heavy atom. The normalized spacial score (nSPS) is 10.3. The largest absolute Gasteiger partial charge is 0.477 e. The molecular weight excluding hydrogens is 322 g/mol. The Morgan fingerprint density at radius 1 is 1.40 bits per heavy atom. The lowest BCUT2D eigenvalue weighted by atomic mass is 10.1. The number of carbonyl (C=O) groups is 1. The molecule has 0 saturated heterocycles. The number of aryl methyl sites for hydroxylation is 1. The Bertz CT molecular complexity index is 659. The van der Waals surface area contributed by atoms with E-state index < -0.39 is 5.97 Å². The minimum Gasteiger partial charge on any atom is -0.477 e. The minimum absolute atomic E-state index is 0.0446. The number of hydrogen-bond acceptors (Lipinski definition) is 4. The number of nitrogens with one attached hydrogen (secondary N) is 1. The fourth-order valence-electron chi connectivity index (χ4n) is 1.79. The highest BCUT2D eigenvalue weighted by atomic mass is 79.9. The first-order chi connectivity index (χ1) is 9.51. The van der Waals surface area contributed by atoms with E-state index in [1.54, 1.807) is 0 Å². The van der Waals surface area contributed by atoms with Gasteiger partial charge in [-0.05, 0) is 42.3 Å². The average Bonchev–Trinajstić information content (AvgIpc) is 2.42. The molecule has 1 aromatic heterocycles. The van der Waals surface area contributed by atoms with E-state index in [1.165, 1.54) is 12.1 Å². The van der Waals surface area contributed by atoms with Gasteiger partial charge in [0.2, 0.25) is 0 Å². The first kappa shape index (κ1) is 14.3. The highest BCUT2D eigenvalue weighted by molar-refractivity contribution is 9.10. The van der Waals surface area contributed by atoms with Gasteiger partial charge in [-0.15, -0.1) is 0 Å². The quantitative estimate of drug-likeness (QED) is 0.796. The third-order valence-electron chi connectivity index (χ3n) is 2.85. The van der Waals surface area contributed by atoms with E-state index in [9.17, 15) is 4.79 Å². The number of hydrogen-bond donors (Lipinski definition) is 3. The zero-order chi connectivity index (χ0) is 14.7. The molecule has 0 saturated carbocycles. The predicted molar refractivity (Wildman–Crippen MR) is 82.4 cm³/mol. The van der Waals surface area contributed by atoms with Crippen molar-refractivity contribution in [2.45, 2.75) is 13.3 Å². The summed E-state index contributed by atoms with van der Waals surface area (Å²) in [7, 11) is 0. The Balaban J connectivity index is 2.39. The topological polar surface area (TPSA) is 88.2 Å². The molecule has 1 aromatic carbocycles. The predicted octanol–water partition coefficient (Wildman–Crippen LogP) is 3.43. The van der Waals surface area contributed by atoms with Crippen molar-refractivity contribution < 1.29 is 9.90 Å². The summed E-state index contributed by atoms with van der Waals surface area (Å²) in [6.07, 6.45) is 0.834. The van der Waals surface area contributed by atoms with Gasteiger partial charge < -0.3 is 16.2 Å². The zero-order valence-corrected chi connectivity index (χ0v) is 12.4. The van der Waals surface area contributed by atoms with Crippen molar-refractivity contribution in [3.05, 3.63) is 46.1 Å². The average molecular weight is 336 g/mol. The second-order valence-electron chi connectivity index (χ2n) is 4.22. The van der Waals surface area contributed by atoms with E-state index in [2.05, 4.69) is 26.2 Å². The molecule has 2 aromatic rings. The molecule has 0 unspecified atom stereocenters. The SMILES string of the molecule is CCc1cc(Br)ccc1Nc1nc(C(=O)O)ccc1N. The highest BCUT2D eigenvalue weighted by Gasteiger charge is 2.10. The summed E-state index contributed by atoms with van der Waals surface area (Å²) in [5.74, 6) is -0.735. The van der Waals surface area contributed by atoms with Gasteiger partial charge in [-0.25, -0.2) is 9.78 Å². The number of halogens is 1. The molecule has 0 radical (unpaired) electrons. The van der Waals surface area contributed by atoms with Crippen molar-refractivity contribution >= 4 is 39.1 Å². The van der Waals surface area contributed by atoms with Gasteiger partial charge in [0.1, 0.15) is 0 Å². The molecule has 4 N–H and O–H groups in total. The Labute approximate surface area is 125 Å². The molecule has 0 aliphatic heterocycles. The number of benzene rings is 1. The third-order valence-corrected chi connectivity index (χ3v) is 3.34. The summed E-state index contributed by atoms with van der Waals surface area (Å²) in [5.41, 5.74) is 8.13. The summed E-state index contributed by atoms with van der Waals surface area (Å²) in [4.78, 5) is 15.0. The van der Waals surface area contributed by atoms with Gasteiger partial charge in [-0.3, -0.25) is 0 Å². The molecule has 6 heteroatoms. The molecule has 0 amide bonds. The maximum atomic E-state index is 10.9. The Kier molecular flexibility index (Phi) is 4.24. The molecule has 0 spiro atoms. The Morgan fingerprint density at radius 2 is 2.15 bits per heavy atom. The highest BCUT2D eigenvalue weighted by Crippen LogP contribution is 2.27. The number of nitrogens with two attached hydrogens (primary N) is 1. The standard InChI is InChI=1S/C14H14BrN3O2/c1-2-8-7-9(15)3-5-11(8)17-13-10(16)4-6-12(18-13)14(19)20/h3-7H,2,16H2,1H3,(H,17,18)(H,19,20). The van der Waals surface area contributed by atoms with Crippen LogP contribution in [0.1, 0.15) is 23.0 Å². The second-order valence-corrected chi connectivity index (χ2v) is 5.14. The van der Waals surface area contributed by atoms with Crippen molar-refractivity contribution in [1.29, 1.82) is 0 Å². The lowest BCUT2D eigenvalue weighted by Gasteiger charge is -2.13. The molecule has 1 heterocycles. The van der Waals surface area contributed by atoms with Crippen LogP contribution in [0, 0.1) is 0 Å². The van der Waals surface area contributed by atoms with Crippen LogP contribution >= 0.6 is 15.9 Å². The van der Waals surface area contributed by atoms with Gasteiger partial charge in [-0.1, -0.05) is 22.9 Å². The zero-order valence-electron chi connectivity index (χ0n) is 10.9. The van der Waals surface area contributed by atoms with Crippen LogP contribution in [-0.2, 0) is 6.42 Å². The summed E-state index contributed by atoms with van der Waals surface area (Å²) >= 11 is 3.42. The van der Waals surface area contributed by atoms with Crippen LogP contribution in [0.15, 0.2) is 34.8 Å². The molecule has 0 aliphatic carbocycles. The van der Waals surface area contributed by atoms with Crippen molar-refractivity contribution in [1.82, 2.24) is 4.98 Å². The van der Waals surface area contributed by atoms with Crippen molar-refractivity contribution in [2.75, 3.05) is 11.1 Å². The van der Waals surface area contributed by atoms with E-state index in [1.807, 2.05) is 25.1 Å². The Hall–Kier alpha value is -2.08. The lowest BCUT2D eigenvalue weighted by molar-refractivity contribution is 0.0690. The van der Waals surface area contributed by atoms with Crippen molar-refractivity contribution in [3.8, 4) is 0 Å². The van der Waals surface area contributed by atoms with E-state index in [4.69, 9.17) is 10.8 Å². The van der Waals surface area contributed by atoms with Gasteiger partial charge in [0.25, 0.3) is 0 Å². The number of pyridine rings is 1. The lowest BCUT2D eigenvalue weighted by Crippen LogP contribution is -2.06. The van der Waals surface area contributed by atoms with E-state index >= 15 is 0 Å². The number of nitrogen functional groups attached to an aromatic ring is 1. The van der Waals surface area contributed by atoms with Gasteiger partial charge in [0.15, 0.2) is 11.5 Å². The summed E-state index contributed by atoms with van der Waals surface area (Å²) in [5, 5.41) is 12.1. The number of rotatable bonds is 4. The molecule has 0 bridgehead atoms. The number of aromatic nitrogens is 1. The van der Waals surface area contributed by atoms with Gasteiger partial charge >= 0.3 is 5.97 Å². The maximum Gasteiger partial charge on any atom is 0.354 e. The minimum atomic E-state index is -1.08. The summed E-state index contributed by atoms with van der Waals surface area (Å²) < 4.78 is 0.986. The molecule has 104 valence electrons. The second kappa shape index (κ2) is 5.92. The van der Waals surface area contributed by atoms with Crippen molar-refractivity contribution in [3.63, 3.8) is 0 Å². The van der Waals surface area contributed by atoms with E-state index in [0.717, 1.165) is 22.1 Å². The number of carboxylic acids is 1. The van der Waals surface area contributed by atoms with Crippen LogP contribution in [-0.4, -0.2) is 16.1 Å². The van der Waals surface area contributed by atoms with Crippen LogP contribution in [0.3, 0.4) is 0 Å². The molecule has 0 atom stereocenters. The van der Waals surface area contributed by atoms with Crippen molar-refractivity contribution in [2.24, 2.45) is 0 Å². The van der Waals surface area contributed by atoms with E-state index in [0.29, 0.717) is 11.5 Å².